The van der Waals surface area contributed by atoms with E-state index in [-0.39, 0.29) is 0 Å². The molecule has 5 rings (SSSR count). The lowest BCUT2D eigenvalue weighted by atomic mass is 9.96. The number of ether oxygens (including phenoxy) is 3. The molecular weight excluding hydrogens is 664 g/mol. The molecule has 0 bridgehead atoms. The third kappa shape index (κ3) is 11.7. The Morgan fingerprint density at radius 3 is 2.41 bits per heavy atom. The zero-order valence-corrected chi connectivity index (χ0v) is 31.6. The predicted octanol–water partition coefficient (Wildman–Crippen LogP) is 9.05. The normalized spacial score (nSPS) is 12.7. The molecular formula is C40H51ClN6O4. The first-order valence-electron chi connectivity index (χ1n) is 17.5. The molecule has 1 aliphatic rings. The van der Waals surface area contributed by atoms with Gasteiger partial charge in [0.1, 0.15) is 24.2 Å². The second kappa shape index (κ2) is 21.5. The summed E-state index contributed by atoms with van der Waals surface area (Å²) in [7, 11) is 4.11. The number of rotatable bonds is 13. The van der Waals surface area contributed by atoms with Gasteiger partial charge in [-0.1, -0.05) is 50.6 Å². The van der Waals surface area contributed by atoms with E-state index in [0.717, 1.165) is 43.9 Å². The van der Waals surface area contributed by atoms with Crippen LogP contribution in [0, 0.1) is 11.3 Å². The molecule has 10 nitrogen and oxygen atoms in total. The Morgan fingerprint density at radius 1 is 1.08 bits per heavy atom. The Bertz CT molecular complexity index is 1770. The number of hydrogen-bond donors (Lipinski definition) is 2. The third-order valence-electron chi connectivity index (χ3n) is 7.91. The molecule has 0 atom stereocenters. The number of anilines is 3. The summed E-state index contributed by atoms with van der Waals surface area (Å²) >= 11 is 6.63. The fourth-order valence-corrected chi connectivity index (χ4v) is 5.61. The summed E-state index contributed by atoms with van der Waals surface area (Å²) in [6.07, 6.45) is 9.17. The van der Waals surface area contributed by atoms with Gasteiger partial charge in [-0.15, -0.1) is 0 Å². The summed E-state index contributed by atoms with van der Waals surface area (Å²) in [5.74, 6) is 1.47. The SMILES string of the molecule is C/C=C/CN(C)C.CC.CCOc1cc2nc(CC)c(C#N)c(Nc3ccc(OCc4ccc(C5CCOCC5)nc4)c(Cl)c3)c2cc1NC=O. The van der Waals surface area contributed by atoms with Crippen LogP contribution >= 0.6 is 11.6 Å². The largest absolute Gasteiger partial charge is 0.492 e. The summed E-state index contributed by atoms with van der Waals surface area (Å²) in [6, 6.07) is 15.3. The number of nitrogens with zero attached hydrogens (tertiary/aromatic N) is 4. The Labute approximate surface area is 307 Å². The minimum atomic E-state index is 0.329. The van der Waals surface area contributed by atoms with E-state index in [2.05, 4.69) is 58.9 Å². The van der Waals surface area contributed by atoms with Gasteiger partial charge in [0, 0.05) is 60.3 Å². The van der Waals surface area contributed by atoms with Crippen LogP contribution in [0.4, 0.5) is 17.1 Å². The molecule has 1 aliphatic heterocycles. The summed E-state index contributed by atoms with van der Waals surface area (Å²) in [5, 5.41) is 17.2. The van der Waals surface area contributed by atoms with Crippen LogP contribution in [0.25, 0.3) is 10.9 Å². The Hall–Kier alpha value is -4.69. The van der Waals surface area contributed by atoms with Crippen LogP contribution in [0.5, 0.6) is 11.5 Å². The molecule has 2 aromatic carbocycles. The van der Waals surface area contributed by atoms with Crippen molar-refractivity contribution in [2.45, 2.75) is 66.4 Å². The zero-order valence-electron chi connectivity index (χ0n) is 30.9. The van der Waals surface area contributed by atoms with Gasteiger partial charge in [-0.2, -0.15) is 5.26 Å². The molecule has 1 fully saturated rings. The zero-order chi connectivity index (χ0) is 37.2. The van der Waals surface area contributed by atoms with Crippen LogP contribution in [-0.2, 0) is 22.6 Å². The fourth-order valence-electron chi connectivity index (χ4n) is 5.37. The number of benzene rings is 2. The van der Waals surface area contributed by atoms with Crippen molar-refractivity contribution in [3.05, 3.63) is 88.4 Å². The average Bonchev–Trinajstić information content (AvgIpc) is 3.15. The fraction of sp³-hybridized carbons (Fsp3) is 0.400. The number of pyridine rings is 2. The number of carbonyl (C=O) groups is 1. The van der Waals surface area contributed by atoms with Crippen LogP contribution in [0.1, 0.15) is 75.9 Å². The highest BCUT2D eigenvalue weighted by Crippen LogP contribution is 2.38. The standard InChI is InChI=1S/C32H32ClN5O4.C6H13N.C2H6/c1-3-26-24(16-34)32(23-14-29(36-19-39)31(41-4-2)15-28(23)38-26)37-22-6-8-30(25(33)13-22)42-18-20-5-7-27(35-17-20)21-9-11-40-12-10-21;1-4-5-6-7(2)3;1-2/h5-8,13-15,17,19,21H,3-4,9-12,18H2,1-2H3,(H,36,39)(H,37,38);4-5H,6H2,1-3H3;1-2H3/b;5-4+;. The molecule has 51 heavy (non-hydrogen) atoms. The van der Waals surface area contributed by atoms with Crippen molar-refractivity contribution in [2.24, 2.45) is 0 Å². The van der Waals surface area contributed by atoms with Gasteiger partial charge in [-0.25, -0.2) is 0 Å². The van der Waals surface area contributed by atoms with Gasteiger partial charge in [0.05, 0.1) is 39.8 Å². The van der Waals surface area contributed by atoms with Crippen molar-refractivity contribution in [3.63, 3.8) is 0 Å². The van der Waals surface area contributed by atoms with Crippen molar-refractivity contribution in [1.29, 1.82) is 5.26 Å². The molecule has 4 aromatic rings. The first-order valence-corrected chi connectivity index (χ1v) is 17.9. The van der Waals surface area contributed by atoms with Crippen molar-refractivity contribution in [2.75, 3.05) is 51.1 Å². The molecule has 272 valence electrons. The number of halogens is 1. The Kier molecular flexibility index (Phi) is 17.2. The quantitative estimate of drug-likeness (QED) is 0.103. The van der Waals surface area contributed by atoms with E-state index < -0.39 is 0 Å². The number of carbonyl (C=O) groups excluding carboxylic acids is 1. The lowest BCUT2D eigenvalue weighted by Gasteiger charge is -2.21. The number of allylic oxidation sites excluding steroid dienone is 1. The van der Waals surface area contributed by atoms with E-state index in [9.17, 15) is 10.1 Å². The molecule has 0 aliphatic carbocycles. The van der Waals surface area contributed by atoms with Crippen molar-refractivity contribution in [1.82, 2.24) is 14.9 Å². The van der Waals surface area contributed by atoms with Crippen LogP contribution in [-0.4, -0.2) is 61.7 Å². The van der Waals surface area contributed by atoms with Crippen LogP contribution in [0.15, 0.2) is 60.8 Å². The van der Waals surface area contributed by atoms with E-state index in [4.69, 9.17) is 30.8 Å². The summed E-state index contributed by atoms with van der Waals surface area (Å²) in [5.41, 5.74) is 5.45. The van der Waals surface area contributed by atoms with Crippen LogP contribution in [0.3, 0.4) is 0 Å². The average molecular weight is 715 g/mol. The molecule has 0 radical (unpaired) electrons. The highest BCUT2D eigenvalue weighted by atomic mass is 35.5. The monoisotopic (exact) mass is 714 g/mol. The van der Waals surface area contributed by atoms with Gasteiger partial charge in [-0.3, -0.25) is 14.8 Å². The van der Waals surface area contributed by atoms with Gasteiger partial charge in [0.15, 0.2) is 0 Å². The van der Waals surface area contributed by atoms with Gasteiger partial charge >= 0.3 is 0 Å². The maximum absolute atomic E-state index is 11.3. The summed E-state index contributed by atoms with van der Waals surface area (Å²) < 4.78 is 17.2. The number of aryl methyl sites for hydroxylation is 1. The Balaban J connectivity index is 0.000000698. The Morgan fingerprint density at radius 2 is 1.84 bits per heavy atom. The molecule has 0 spiro atoms. The van der Waals surface area contributed by atoms with Crippen LogP contribution < -0.4 is 20.1 Å². The molecule has 11 heteroatoms. The van der Waals surface area contributed by atoms with E-state index >= 15 is 0 Å². The number of likely N-dealkylation sites (N-methyl/N-ethyl adjacent to an activating group) is 1. The van der Waals surface area contributed by atoms with E-state index in [0.29, 0.717) is 87.7 Å². The number of hydrogen-bond acceptors (Lipinski definition) is 9. The van der Waals surface area contributed by atoms with Gasteiger partial charge in [-0.05, 0) is 77.5 Å². The van der Waals surface area contributed by atoms with Crippen molar-refractivity contribution < 1.29 is 19.0 Å². The summed E-state index contributed by atoms with van der Waals surface area (Å²) in [6.45, 7) is 13.2. The maximum Gasteiger partial charge on any atom is 0.211 e. The smallest absolute Gasteiger partial charge is 0.211 e. The number of amides is 1. The van der Waals surface area contributed by atoms with Gasteiger partial charge < -0.3 is 29.7 Å². The molecule has 3 heterocycles. The number of nitrogens with one attached hydrogen (secondary N) is 2. The van der Waals surface area contributed by atoms with E-state index in [1.165, 1.54) is 0 Å². The first kappa shape index (κ1) is 40.7. The number of nitriles is 1. The molecule has 2 N–H and O–H groups in total. The van der Waals surface area contributed by atoms with E-state index in [1.54, 1.807) is 24.3 Å². The van der Waals surface area contributed by atoms with Crippen molar-refractivity contribution in [3.8, 4) is 17.6 Å². The van der Waals surface area contributed by atoms with Crippen molar-refractivity contribution >= 4 is 46.0 Å². The second-order valence-corrected chi connectivity index (χ2v) is 12.1. The highest BCUT2D eigenvalue weighted by molar-refractivity contribution is 6.32. The highest BCUT2D eigenvalue weighted by Gasteiger charge is 2.19. The number of aromatic nitrogens is 2. The van der Waals surface area contributed by atoms with Crippen LogP contribution in [0.2, 0.25) is 5.02 Å². The predicted molar refractivity (Wildman–Crippen MR) is 208 cm³/mol. The summed E-state index contributed by atoms with van der Waals surface area (Å²) in [4.78, 5) is 22.8. The number of fused-ring (bicyclic) bond motifs is 1. The molecule has 0 saturated carbocycles. The topological polar surface area (TPSA) is 122 Å². The maximum atomic E-state index is 11.3. The second-order valence-electron chi connectivity index (χ2n) is 11.7. The lowest BCUT2D eigenvalue weighted by Crippen LogP contribution is -2.15. The molecule has 2 aromatic heterocycles. The van der Waals surface area contributed by atoms with E-state index in [1.807, 2.05) is 52.9 Å². The van der Waals surface area contributed by atoms with Gasteiger partial charge in [0.25, 0.3) is 0 Å². The molecule has 1 saturated heterocycles. The minimum Gasteiger partial charge on any atom is -0.492 e. The first-order chi connectivity index (χ1) is 24.8. The lowest BCUT2D eigenvalue weighted by molar-refractivity contribution is -0.105. The minimum absolute atomic E-state index is 0.329. The third-order valence-corrected chi connectivity index (χ3v) is 8.21. The molecule has 0 unspecified atom stereocenters. The molecule has 1 amide bonds. The van der Waals surface area contributed by atoms with Gasteiger partial charge in [0.2, 0.25) is 6.41 Å².